The molecule has 0 aliphatic carbocycles. The lowest BCUT2D eigenvalue weighted by atomic mass is 10.3. The fourth-order valence-electron chi connectivity index (χ4n) is 1.83. The predicted molar refractivity (Wildman–Crippen MR) is 67.5 cm³/mol. The van der Waals surface area contributed by atoms with E-state index in [1.54, 1.807) is 0 Å². The molecule has 0 amide bonds. The third-order valence-electron chi connectivity index (χ3n) is 2.57. The molecule has 0 fully saturated rings. The van der Waals surface area contributed by atoms with Crippen LogP contribution < -0.4 is 5.32 Å². The summed E-state index contributed by atoms with van der Waals surface area (Å²) in [6, 6.07) is 0.967. The summed E-state index contributed by atoms with van der Waals surface area (Å²) in [6.07, 6.45) is 3.84. The molecule has 0 spiro atoms. The van der Waals surface area contributed by atoms with Gasteiger partial charge in [0, 0.05) is 31.4 Å². The average molecular weight is 224 g/mol. The highest BCUT2D eigenvalue weighted by Gasteiger charge is 2.07. The maximum absolute atomic E-state index is 4.19. The van der Waals surface area contributed by atoms with Gasteiger partial charge in [0.1, 0.15) is 0 Å². The predicted octanol–water partition coefficient (Wildman–Crippen LogP) is 1.50. The van der Waals surface area contributed by atoms with E-state index in [9.17, 15) is 0 Å². The summed E-state index contributed by atoms with van der Waals surface area (Å²) in [5.41, 5.74) is 1.25. The second-order valence-corrected chi connectivity index (χ2v) is 4.93. The molecule has 0 aliphatic heterocycles. The second-order valence-electron chi connectivity index (χ2n) is 4.93. The molecule has 92 valence electrons. The Labute approximate surface area is 98.7 Å². The van der Waals surface area contributed by atoms with Crippen LogP contribution in [0.25, 0.3) is 0 Å². The van der Waals surface area contributed by atoms with Gasteiger partial charge in [0.15, 0.2) is 0 Å². The number of hydrogen-bond acceptors (Lipinski definition) is 3. The topological polar surface area (TPSA) is 33.1 Å². The molecule has 0 aromatic carbocycles. The summed E-state index contributed by atoms with van der Waals surface area (Å²) in [4.78, 5) is 6.39. The van der Waals surface area contributed by atoms with Crippen molar-refractivity contribution in [1.82, 2.24) is 19.8 Å². The Morgan fingerprint density at radius 3 is 2.62 bits per heavy atom. The fourth-order valence-corrected chi connectivity index (χ4v) is 1.83. The number of likely N-dealkylation sites (N-methyl/N-ethyl adjacent to an activating group) is 1. The van der Waals surface area contributed by atoms with Gasteiger partial charge >= 0.3 is 0 Å². The summed E-state index contributed by atoms with van der Waals surface area (Å²) in [6.45, 7) is 8.49. The normalized spacial score (nSPS) is 13.7. The zero-order valence-electron chi connectivity index (χ0n) is 11.1. The smallest absolute Gasteiger partial charge is 0.0951 e. The van der Waals surface area contributed by atoms with Crippen LogP contribution in [0.5, 0.6) is 0 Å². The van der Waals surface area contributed by atoms with Crippen LogP contribution in [-0.4, -0.2) is 41.1 Å². The molecule has 1 rings (SSSR count). The van der Waals surface area contributed by atoms with Crippen molar-refractivity contribution in [3.8, 4) is 0 Å². The van der Waals surface area contributed by atoms with E-state index in [4.69, 9.17) is 0 Å². The van der Waals surface area contributed by atoms with Crippen molar-refractivity contribution in [3.05, 3.63) is 18.2 Å². The van der Waals surface area contributed by atoms with Crippen LogP contribution in [0, 0.1) is 0 Å². The molecule has 16 heavy (non-hydrogen) atoms. The molecule has 1 aromatic rings. The van der Waals surface area contributed by atoms with Gasteiger partial charge in [0.25, 0.3) is 0 Å². The first-order valence-corrected chi connectivity index (χ1v) is 5.89. The minimum Gasteiger partial charge on any atom is -0.331 e. The van der Waals surface area contributed by atoms with Gasteiger partial charge < -0.3 is 14.8 Å². The van der Waals surface area contributed by atoms with Crippen molar-refractivity contribution >= 4 is 0 Å². The van der Waals surface area contributed by atoms with Crippen LogP contribution in [0.3, 0.4) is 0 Å². The molecule has 0 bridgehead atoms. The van der Waals surface area contributed by atoms with E-state index in [1.807, 2.05) is 12.5 Å². The van der Waals surface area contributed by atoms with Gasteiger partial charge in [-0.25, -0.2) is 4.98 Å². The number of imidazole rings is 1. The van der Waals surface area contributed by atoms with E-state index in [2.05, 4.69) is 54.6 Å². The molecule has 1 N–H and O–H groups in total. The Morgan fingerprint density at radius 2 is 2.06 bits per heavy atom. The molecule has 4 nitrogen and oxygen atoms in total. The summed E-state index contributed by atoms with van der Waals surface area (Å²) < 4.78 is 2.20. The quantitative estimate of drug-likeness (QED) is 0.795. The highest BCUT2D eigenvalue weighted by atomic mass is 15.1. The zero-order valence-corrected chi connectivity index (χ0v) is 11.1. The molecule has 1 atom stereocenters. The van der Waals surface area contributed by atoms with Crippen LogP contribution in [-0.2, 0) is 6.54 Å². The number of aromatic nitrogens is 2. The Bertz CT molecular complexity index is 304. The highest BCUT2D eigenvalue weighted by Crippen LogP contribution is 2.08. The van der Waals surface area contributed by atoms with E-state index >= 15 is 0 Å². The van der Waals surface area contributed by atoms with Gasteiger partial charge in [-0.05, 0) is 34.9 Å². The lowest BCUT2D eigenvalue weighted by Gasteiger charge is -2.19. The van der Waals surface area contributed by atoms with Crippen LogP contribution in [0.15, 0.2) is 12.5 Å². The van der Waals surface area contributed by atoms with Crippen molar-refractivity contribution < 1.29 is 0 Å². The Morgan fingerprint density at radius 1 is 1.38 bits per heavy atom. The number of rotatable bonds is 6. The van der Waals surface area contributed by atoms with E-state index in [0.717, 1.165) is 13.1 Å². The van der Waals surface area contributed by atoms with E-state index < -0.39 is 0 Å². The van der Waals surface area contributed by atoms with Gasteiger partial charge in [-0.15, -0.1) is 0 Å². The van der Waals surface area contributed by atoms with Crippen molar-refractivity contribution in [2.45, 2.75) is 39.4 Å². The maximum Gasteiger partial charge on any atom is 0.0951 e. The molecular formula is C12H24N4. The molecule has 1 aromatic heterocycles. The summed E-state index contributed by atoms with van der Waals surface area (Å²) in [5.74, 6) is 0. The largest absolute Gasteiger partial charge is 0.331 e. The number of hydrogen-bond donors (Lipinski definition) is 1. The first-order valence-electron chi connectivity index (χ1n) is 5.89. The SMILES string of the molecule is CC(CN(C)C)NCc1cncn1C(C)C. The van der Waals surface area contributed by atoms with Gasteiger partial charge in [-0.3, -0.25) is 0 Å². The average Bonchev–Trinajstić information content (AvgIpc) is 2.61. The van der Waals surface area contributed by atoms with Crippen molar-refractivity contribution in [2.75, 3.05) is 20.6 Å². The van der Waals surface area contributed by atoms with Gasteiger partial charge in [0.2, 0.25) is 0 Å². The minimum absolute atomic E-state index is 0.475. The Kier molecular flexibility index (Phi) is 4.96. The lowest BCUT2D eigenvalue weighted by molar-refractivity contribution is 0.346. The fraction of sp³-hybridized carbons (Fsp3) is 0.750. The lowest BCUT2D eigenvalue weighted by Crippen LogP contribution is -2.35. The molecule has 0 saturated heterocycles. The van der Waals surface area contributed by atoms with Gasteiger partial charge in [-0.1, -0.05) is 0 Å². The van der Waals surface area contributed by atoms with E-state index in [0.29, 0.717) is 12.1 Å². The first kappa shape index (κ1) is 13.2. The molecule has 1 heterocycles. The van der Waals surface area contributed by atoms with E-state index in [-0.39, 0.29) is 0 Å². The van der Waals surface area contributed by atoms with Crippen LogP contribution in [0.2, 0.25) is 0 Å². The van der Waals surface area contributed by atoms with Crippen LogP contribution >= 0.6 is 0 Å². The molecule has 4 heteroatoms. The number of nitrogens with one attached hydrogen (secondary N) is 1. The second kappa shape index (κ2) is 6.01. The summed E-state index contributed by atoms with van der Waals surface area (Å²) in [7, 11) is 4.19. The minimum atomic E-state index is 0.475. The Balaban J connectivity index is 2.45. The summed E-state index contributed by atoms with van der Waals surface area (Å²) >= 11 is 0. The summed E-state index contributed by atoms with van der Waals surface area (Å²) in [5, 5.41) is 3.51. The standard InChI is InChI=1S/C12H24N4/c1-10(2)16-9-13-6-12(16)7-14-11(3)8-15(4)5/h6,9-11,14H,7-8H2,1-5H3. The molecular weight excluding hydrogens is 200 g/mol. The van der Waals surface area contributed by atoms with E-state index in [1.165, 1.54) is 5.69 Å². The van der Waals surface area contributed by atoms with Crippen molar-refractivity contribution in [1.29, 1.82) is 0 Å². The first-order chi connectivity index (χ1) is 7.50. The van der Waals surface area contributed by atoms with Gasteiger partial charge in [-0.2, -0.15) is 0 Å². The molecule has 0 aliphatic rings. The van der Waals surface area contributed by atoms with Crippen molar-refractivity contribution in [2.24, 2.45) is 0 Å². The highest BCUT2D eigenvalue weighted by molar-refractivity contribution is 4.99. The molecule has 0 radical (unpaired) electrons. The van der Waals surface area contributed by atoms with Gasteiger partial charge in [0.05, 0.1) is 12.0 Å². The maximum atomic E-state index is 4.19. The van der Waals surface area contributed by atoms with Crippen LogP contribution in [0.4, 0.5) is 0 Å². The monoisotopic (exact) mass is 224 g/mol. The van der Waals surface area contributed by atoms with Crippen LogP contribution in [0.1, 0.15) is 32.5 Å². The number of nitrogens with zero attached hydrogens (tertiary/aromatic N) is 3. The Hall–Kier alpha value is -0.870. The molecule has 0 saturated carbocycles. The zero-order chi connectivity index (χ0) is 12.1. The third-order valence-corrected chi connectivity index (χ3v) is 2.57. The molecule has 1 unspecified atom stereocenters. The third kappa shape index (κ3) is 3.94. The van der Waals surface area contributed by atoms with Crippen molar-refractivity contribution in [3.63, 3.8) is 0 Å².